The van der Waals surface area contributed by atoms with Crippen LogP contribution in [0.5, 0.6) is 5.75 Å². The number of phenols is 1. The van der Waals surface area contributed by atoms with Gasteiger partial charge in [0.1, 0.15) is 5.75 Å². The molecule has 0 spiro atoms. The predicted octanol–water partition coefficient (Wildman–Crippen LogP) is 3.43. The molecule has 0 heterocycles. The van der Waals surface area contributed by atoms with Gasteiger partial charge in [-0.15, -0.1) is 0 Å². The number of nitrogens with zero attached hydrogens (tertiary/aromatic N) is 1. The summed E-state index contributed by atoms with van der Waals surface area (Å²) in [5.74, 6) is -0.586. The zero-order valence-electron chi connectivity index (χ0n) is 11.9. The van der Waals surface area contributed by atoms with Crippen molar-refractivity contribution in [3.8, 4) is 5.75 Å². The number of phenolic OH excluding ortho intramolecular Hbond substituents is 1. The van der Waals surface area contributed by atoms with E-state index in [0.717, 1.165) is 11.3 Å². The fraction of sp³-hybridized carbons (Fsp3) is 0.235. The Morgan fingerprint density at radius 1 is 1.10 bits per heavy atom. The molecule has 1 atom stereocenters. The Morgan fingerprint density at radius 2 is 1.71 bits per heavy atom. The van der Waals surface area contributed by atoms with E-state index in [1.165, 1.54) is 0 Å². The van der Waals surface area contributed by atoms with E-state index < -0.39 is 5.97 Å². The molecule has 2 N–H and O–H groups in total. The van der Waals surface area contributed by atoms with Crippen LogP contribution in [0, 0.1) is 0 Å². The van der Waals surface area contributed by atoms with Crippen LogP contribution >= 0.6 is 0 Å². The number of aromatic hydroxyl groups is 1. The van der Waals surface area contributed by atoms with E-state index in [-0.39, 0.29) is 18.2 Å². The van der Waals surface area contributed by atoms with Gasteiger partial charge in [0, 0.05) is 12.2 Å². The van der Waals surface area contributed by atoms with Gasteiger partial charge in [0.2, 0.25) is 0 Å². The lowest BCUT2D eigenvalue weighted by Crippen LogP contribution is -2.29. The van der Waals surface area contributed by atoms with E-state index in [0.29, 0.717) is 6.54 Å². The third-order valence-corrected chi connectivity index (χ3v) is 3.50. The highest BCUT2D eigenvalue weighted by atomic mass is 16.4. The number of carbonyl (C=O) groups is 1. The van der Waals surface area contributed by atoms with E-state index in [9.17, 15) is 9.90 Å². The molecule has 0 amide bonds. The maximum atomic E-state index is 10.9. The smallest absolute Gasteiger partial charge is 0.305 e. The largest absolute Gasteiger partial charge is 0.508 e. The van der Waals surface area contributed by atoms with E-state index >= 15 is 0 Å². The van der Waals surface area contributed by atoms with Crippen LogP contribution in [0.4, 0.5) is 5.69 Å². The van der Waals surface area contributed by atoms with Crippen LogP contribution in [-0.4, -0.2) is 22.7 Å². The molecule has 2 aromatic rings. The van der Waals surface area contributed by atoms with Crippen molar-refractivity contribution < 1.29 is 15.0 Å². The number of rotatable bonds is 6. The van der Waals surface area contributed by atoms with Crippen LogP contribution in [0.15, 0.2) is 54.6 Å². The lowest BCUT2D eigenvalue weighted by Gasteiger charge is -2.31. The maximum Gasteiger partial charge on any atom is 0.305 e. The maximum absolute atomic E-state index is 10.9. The van der Waals surface area contributed by atoms with Crippen LogP contribution in [0.2, 0.25) is 0 Å². The fourth-order valence-corrected chi connectivity index (χ4v) is 2.31. The van der Waals surface area contributed by atoms with E-state index in [1.807, 2.05) is 49.4 Å². The first-order chi connectivity index (χ1) is 10.1. The molecule has 0 radical (unpaired) electrons. The second-order valence-corrected chi connectivity index (χ2v) is 4.94. The van der Waals surface area contributed by atoms with Gasteiger partial charge in [-0.3, -0.25) is 4.79 Å². The molecule has 0 aliphatic rings. The van der Waals surface area contributed by atoms with E-state index in [4.69, 9.17) is 5.11 Å². The van der Waals surface area contributed by atoms with Crippen LogP contribution in [0.1, 0.15) is 24.9 Å². The topological polar surface area (TPSA) is 60.8 Å². The Bertz CT molecular complexity index is 581. The average molecular weight is 285 g/mol. The van der Waals surface area contributed by atoms with Gasteiger partial charge in [-0.25, -0.2) is 0 Å². The van der Waals surface area contributed by atoms with Crippen LogP contribution in [0.25, 0.3) is 0 Å². The van der Waals surface area contributed by atoms with Crippen molar-refractivity contribution in [3.05, 3.63) is 60.2 Å². The SMILES string of the molecule is CC(c1ccc(O)cc1)N(CCC(=O)O)c1ccccc1. The minimum Gasteiger partial charge on any atom is -0.508 e. The van der Waals surface area contributed by atoms with Crippen molar-refractivity contribution in [3.63, 3.8) is 0 Å². The summed E-state index contributed by atoms with van der Waals surface area (Å²) in [7, 11) is 0. The number of aliphatic carboxylic acids is 1. The van der Waals surface area contributed by atoms with Crippen molar-refractivity contribution in [2.24, 2.45) is 0 Å². The summed E-state index contributed by atoms with van der Waals surface area (Å²) in [6.07, 6.45) is 0.0807. The van der Waals surface area contributed by atoms with E-state index in [1.54, 1.807) is 12.1 Å². The summed E-state index contributed by atoms with van der Waals surface area (Å²) >= 11 is 0. The highest BCUT2D eigenvalue weighted by Gasteiger charge is 2.17. The molecule has 0 aliphatic carbocycles. The minimum absolute atomic E-state index is 0.0207. The second-order valence-electron chi connectivity index (χ2n) is 4.94. The molecule has 0 saturated carbocycles. The van der Waals surface area contributed by atoms with Gasteiger partial charge in [-0.1, -0.05) is 30.3 Å². The number of carboxylic acids is 1. The molecule has 0 aliphatic heterocycles. The third-order valence-electron chi connectivity index (χ3n) is 3.50. The first-order valence-electron chi connectivity index (χ1n) is 6.90. The van der Waals surface area contributed by atoms with Crippen molar-refractivity contribution >= 4 is 11.7 Å². The van der Waals surface area contributed by atoms with Gasteiger partial charge >= 0.3 is 5.97 Å². The number of carboxylic acid groups (broad SMARTS) is 1. The number of anilines is 1. The minimum atomic E-state index is -0.811. The van der Waals surface area contributed by atoms with Gasteiger partial charge in [-0.05, 0) is 36.8 Å². The molecular formula is C17H19NO3. The molecule has 2 rings (SSSR count). The summed E-state index contributed by atoms with van der Waals surface area (Å²) in [4.78, 5) is 12.9. The number of hydrogen-bond acceptors (Lipinski definition) is 3. The molecular weight excluding hydrogens is 266 g/mol. The molecule has 21 heavy (non-hydrogen) atoms. The molecule has 0 saturated heterocycles. The Hall–Kier alpha value is -2.49. The quantitative estimate of drug-likeness (QED) is 0.853. The van der Waals surface area contributed by atoms with Crippen LogP contribution in [0.3, 0.4) is 0 Å². The molecule has 1 unspecified atom stereocenters. The monoisotopic (exact) mass is 285 g/mol. The Labute approximate surface area is 124 Å². The Morgan fingerprint density at radius 3 is 2.29 bits per heavy atom. The van der Waals surface area contributed by atoms with Crippen LogP contribution < -0.4 is 4.90 Å². The summed E-state index contributed by atoms with van der Waals surface area (Å²) in [5, 5.41) is 18.3. The highest BCUT2D eigenvalue weighted by Crippen LogP contribution is 2.27. The van der Waals surface area contributed by atoms with Crippen molar-refractivity contribution in [1.29, 1.82) is 0 Å². The van der Waals surface area contributed by atoms with Gasteiger partial charge in [-0.2, -0.15) is 0 Å². The summed E-state index contributed by atoms with van der Waals surface area (Å²) in [6.45, 7) is 2.46. The molecule has 0 aromatic heterocycles. The highest BCUT2D eigenvalue weighted by molar-refractivity contribution is 5.67. The van der Waals surface area contributed by atoms with E-state index in [2.05, 4.69) is 4.90 Å². The molecule has 2 aromatic carbocycles. The molecule has 110 valence electrons. The molecule has 4 nitrogen and oxygen atoms in total. The Balaban J connectivity index is 2.25. The number of benzene rings is 2. The normalized spacial score (nSPS) is 11.9. The third kappa shape index (κ3) is 3.99. The van der Waals surface area contributed by atoms with Crippen molar-refractivity contribution in [2.45, 2.75) is 19.4 Å². The zero-order valence-corrected chi connectivity index (χ0v) is 11.9. The molecule has 0 bridgehead atoms. The standard InChI is InChI=1S/C17H19NO3/c1-13(14-7-9-16(19)10-8-14)18(12-11-17(20)21)15-5-3-2-4-6-15/h2-10,13,19H,11-12H2,1H3,(H,20,21). The fourth-order valence-electron chi connectivity index (χ4n) is 2.31. The first-order valence-corrected chi connectivity index (χ1v) is 6.90. The van der Waals surface area contributed by atoms with Crippen molar-refractivity contribution in [1.82, 2.24) is 0 Å². The summed E-state index contributed by atoms with van der Waals surface area (Å²) < 4.78 is 0. The molecule has 0 fully saturated rings. The summed E-state index contributed by atoms with van der Waals surface area (Å²) in [5.41, 5.74) is 2.02. The second kappa shape index (κ2) is 6.79. The average Bonchev–Trinajstić information content (AvgIpc) is 2.49. The van der Waals surface area contributed by atoms with Crippen LogP contribution in [-0.2, 0) is 4.79 Å². The summed E-state index contributed by atoms with van der Waals surface area (Å²) in [6, 6.07) is 16.8. The first kappa shape index (κ1) is 14.9. The number of hydrogen-bond donors (Lipinski definition) is 2. The van der Waals surface area contributed by atoms with Gasteiger partial charge in [0.05, 0.1) is 12.5 Å². The van der Waals surface area contributed by atoms with Gasteiger partial charge in [0.15, 0.2) is 0 Å². The molecule has 4 heteroatoms. The van der Waals surface area contributed by atoms with Crippen molar-refractivity contribution in [2.75, 3.05) is 11.4 Å². The Kier molecular flexibility index (Phi) is 4.82. The lowest BCUT2D eigenvalue weighted by atomic mass is 10.1. The number of para-hydroxylation sites is 1. The lowest BCUT2D eigenvalue weighted by molar-refractivity contribution is -0.136. The van der Waals surface area contributed by atoms with Gasteiger partial charge in [0.25, 0.3) is 0 Å². The van der Waals surface area contributed by atoms with Gasteiger partial charge < -0.3 is 15.1 Å². The zero-order chi connectivity index (χ0) is 15.2. The predicted molar refractivity (Wildman–Crippen MR) is 82.6 cm³/mol.